The summed E-state index contributed by atoms with van der Waals surface area (Å²) in [7, 11) is 0. The molecule has 0 spiro atoms. The molecule has 0 aliphatic carbocycles. The van der Waals surface area contributed by atoms with E-state index in [2.05, 4.69) is 22.8 Å². The third-order valence-electron chi connectivity index (χ3n) is 3.70. The summed E-state index contributed by atoms with van der Waals surface area (Å²) >= 11 is 0. The maximum Gasteiger partial charge on any atom is 0.228 e. The van der Waals surface area contributed by atoms with Crippen LogP contribution in [0.4, 0.5) is 5.69 Å². The van der Waals surface area contributed by atoms with Crippen LogP contribution in [-0.2, 0) is 4.79 Å². The average Bonchev–Trinajstić information content (AvgIpc) is 2.67. The number of carbonyl (C=O) groups is 1. The fourth-order valence-electron chi connectivity index (χ4n) is 2.27. The van der Waals surface area contributed by atoms with E-state index in [0.717, 1.165) is 37.4 Å². The van der Waals surface area contributed by atoms with E-state index in [1.54, 1.807) is 4.90 Å². The Morgan fingerprint density at radius 1 is 1.27 bits per heavy atom. The van der Waals surface area contributed by atoms with Crippen molar-refractivity contribution in [2.45, 2.75) is 33.1 Å². The smallest absolute Gasteiger partial charge is 0.228 e. The molecule has 7 nitrogen and oxygen atoms in total. The zero-order valence-corrected chi connectivity index (χ0v) is 15.9. The second-order valence-electron chi connectivity index (χ2n) is 5.80. The first-order chi connectivity index (χ1) is 12.7. The topological polar surface area (TPSA) is 86.2 Å². The number of likely N-dealkylation sites (N-methyl/N-ethyl adjacent to an activating group) is 1. The maximum atomic E-state index is 11.9. The van der Waals surface area contributed by atoms with E-state index in [1.807, 2.05) is 31.2 Å². The van der Waals surface area contributed by atoms with Crippen LogP contribution in [-0.4, -0.2) is 61.5 Å². The molecular weight excluding hydrogens is 332 g/mol. The first-order valence-corrected chi connectivity index (χ1v) is 9.31. The number of benzene rings is 1. The number of anilines is 1. The van der Waals surface area contributed by atoms with Crippen molar-refractivity contribution >= 4 is 17.8 Å². The molecule has 0 fully saturated rings. The molecule has 0 saturated carbocycles. The highest BCUT2D eigenvalue weighted by Crippen LogP contribution is 2.15. The molecule has 1 rings (SSSR count). The first-order valence-electron chi connectivity index (χ1n) is 9.31. The second-order valence-corrected chi connectivity index (χ2v) is 5.80. The number of hydrazone groups is 1. The van der Waals surface area contributed by atoms with E-state index in [4.69, 9.17) is 9.84 Å². The predicted molar refractivity (Wildman–Crippen MR) is 106 cm³/mol. The number of aliphatic hydroxyl groups excluding tert-OH is 1. The Morgan fingerprint density at radius 3 is 2.69 bits per heavy atom. The molecule has 1 aromatic carbocycles. The van der Waals surface area contributed by atoms with Gasteiger partial charge in [0, 0.05) is 19.3 Å². The third-order valence-corrected chi connectivity index (χ3v) is 3.70. The SMILES string of the molecule is CCCNCCCOc1ccc(N/N=C\CC(=O)N(CC)CCO)cc1. The van der Waals surface area contributed by atoms with E-state index >= 15 is 0 Å². The van der Waals surface area contributed by atoms with Crippen LogP contribution in [0.1, 0.15) is 33.1 Å². The molecule has 146 valence electrons. The summed E-state index contributed by atoms with van der Waals surface area (Å²) in [5.74, 6) is 0.775. The lowest BCUT2D eigenvalue weighted by atomic mass is 10.3. The minimum atomic E-state index is -0.0516. The molecule has 0 aliphatic rings. The Kier molecular flexibility index (Phi) is 11.9. The summed E-state index contributed by atoms with van der Waals surface area (Å²) in [4.78, 5) is 13.5. The lowest BCUT2D eigenvalue weighted by molar-refractivity contribution is -0.130. The van der Waals surface area contributed by atoms with Crippen LogP contribution in [0.15, 0.2) is 29.4 Å². The monoisotopic (exact) mass is 364 g/mol. The lowest BCUT2D eigenvalue weighted by Crippen LogP contribution is -2.33. The molecule has 0 atom stereocenters. The van der Waals surface area contributed by atoms with Gasteiger partial charge in [-0.2, -0.15) is 5.10 Å². The number of nitrogens with zero attached hydrogens (tertiary/aromatic N) is 2. The van der Waals surface area contributed by atoms with E-state index in [1.165, 1.54) is 6.21 Å². The quantitative estimate of drug-likeness (QED) is 0.267. The van der Waals surface area contributed by atoms with E-state index in [9.17, 15) is 4.79 Å². The Balaban J connectivity index is 2.26. The summed E-state index contributed by atoms with van der Waals surface area (Å²) in [6, 6.07) is 7.55. The molecule has 0 radical (unpaired) electrons. The van der Waals surface area contributed by atoms with Crippen LogP contribution >= 0.6 is 0 Å². The Labute approximate surface area is 156 Å². The summed E-state index contributed by atoms with van der Waals surface area (Å²) in [5, 5.41) is 16.3. The van der Waals surface area contributed by atoms with Gasteiger partial charge in [-0.1, -0.05) is 6.92 Å². The number of hydrogen-bond donors (Lipinski definition) is 3. The lowest BCUT2D eigenvalue weighted by Gasteiger charge is -2.18. The van der Waals surface area contributed by atoms with Gasteiger partial charge in [-0.3, -0.25) is 10.2 Å². The molecule has 1 amide bonds. The fourth-order valence-corrected chi connectivity index (χ4v) is 2.27. The second kappa shape index (κ2) is 14.1. The van der Waals surface area contributed by atoms with Crippen molar-refractivity contribution in [2.75, 3.05) is 44.8 Å². The Bertz CT molecular complexity index is 520. The van der Waals surface area contributed by atoms with Gasteiger partial charge in [0.25, 0.3) is 0 Å². The zero-order chi connectivity index (χ0) is 19.0. The van der Waals surface area contributed by atoms with Gasteiger partial charge in [-0.15, -0.1) is 0 Å². The maximum absolute atomic E-state index is 11.9. The van der Waals surface area contributed by atoms with Crippen LogP contribution in [0.5, 0.6) is 5.75 Å². The number of hydrogen-bond acceptors (Lipinski definition) is 6. The Hall–Kier alpha value is -2.12. The number of rotatable bonds is 14. The van der Waals surface area contributed by atoms with Gasteiger partial charge in [0.1, 0.15) is 5.75 Å². The van der Waals surface area contributed by atoms with Gasteiger partial charge >= 0.3 is 0 Å². The molecule has 0 heterocycles. The van der Waals surface area contributed by atoms with Gasteiger partial charge in [0.05, 0.1) is 25.3 Å². The summed E-state index contributed by atoms with van der Waals surface area (Å²) in [5.41, 5.74) is 3.72. The minimum absolute atomic E-state index is 0.0291. The van der Waals surface area contributed by atoms with Gasteiger partial charge in [-0.05, 0) is 57.1 Å². The molecule has 0 bridgehead atoms. The fraction of sp³-hybridized carbons (Fsp3) is 0.579. The van der Waals surface area contributed by atoms with Gasteiger partial charge < -0.3 is 20.1 Å². The largest absolute Gasteiger partial charge is 0.494 e. The number of aliphatic hydroxyl groups is 1. The van der Waals surface area contributed by atoms with Crippen LogP contribution in [0, 0.1) is 0 Å². The minimum Gasteiger partial charge on any atom is -0.494 e. The van der Waals surface area contributed by atoms with E-state index in [-0.39, 0.29) is 18.9 Å². The van der Waals surface area contributed by atoms with Gasteiger partial charge in [-0.25, -0.2) is 0 Å². The molecule has 0 aromatic heterocycles. The highest BCUT2D eigenvalue weighted by Gasteiger charge is 2.08. The molecule has 3 N–H and O–H groups in total. The van der Waals surface area contributed by atoms with Gasteiger partial charge in [0.2, 0.25) is 5.91 Å². The van der Waals surface area contributed by atoms with Crippen molar-refractivity contribution in [1.82, 2.24) is 10.2 Å². The van der Waals surface area contributed by atoms with Crippen molar-refractivity contribution < 1.29 is 14.6 Å². The standard InChI is InChI=1S/C19H32N4O3/c1-3-11-20-12-5-16-26-18-8-6-17(7-9-18)22-21-13-10-19(25)23(4-2)14-15-24/h6-9,13,20,22,24H,3-5,10-12,14-16H2,1-2H3/b21-13-. The van der Waals surface area contributed by atoms with Crippen LogP contribution in [0.2, 0.25) is 0 Å². The number of carbonyl (C=O) groups excluding carboxylic acids is 1. The molecule has 26 heavy (non-hydrogen) atoms. The van der Waals surface area contributed by atoms with Crippen LogP contribution < -0.4 is 15.5 Å². The first kappa shape index (κ1) is 21.9. The number of ether oxygens (including phenoxy) is 1. The zero-order valence-electron chi connectivity index (χ0n) is 15.9. The van der Waals surface area contributed by atoms with Crippen molar-refractivity contribution in [3.63, 3.8) is 0 Å². The van der Waals surface area contributed by atoms with Crippen molar-refractivity contribution in [1.29, 1.82) is 0 Å². The molecule has 0 saturated heterocycles. The van der Waals surface area contributed by atoms with Crippen molar-refractivity contribution in [3.8, 4) is 5.75 Å². The van der Waals surface area contributed by atoms with Crippen molar-refractivity contribution in [2.24, 2.45) is 5.10 Å². The van der Waals surface area contributed by atoms with E-state index in [0.29, 0.717) is 19.7 Å². The molecule has 0 unspecified atom stereocenters. The van der Waals surface area contributed by atoms with Gasteiger partial charge in [0.15, 0.2) is 0 Å². The van der Waals surface area contributed by atoms with Crippen molar-refractivity contribution in [3.05, 3.63) is 24.3 Å². The summed E-state index contributed by atoms with van der Waals surface area (Å²) < 4.78 is 5.68. The highest BCUT2D eigenvalue weighted by atomic mass is 16.5. The van der Waals surface area contributed by atoms with Crippen LogP contribution in [0.25, 0.3) is 0 Å². The predicted octanol–water partition coefficient (Wildman–Crippen LogP) is 2.08. The summed E-state index contributed by atoms with van der Waals surface area (Å²) in [6.45, 7) is 7.64. The third kappa shape index (κ3) is 9.39. The molecular formula is C19H32N4O3. The van der Waals surface area contributed by atoms with E-state index < -0.39 is 0 Å². The summed E-state index contributed by atoms with van der Waals surface area (Å²) in [6.07, 6.45) is 3.86. The number of amides is 1. The average molecular weight is 364 g/mol. The highest BCUT2D eigenvalue weighted by molar-refractivity contribution is 5.90. The molecule has 1 aromatic rings. The Morgan fingerprint density at radius 2 is 2.04 bits per heavy atom. The normalized spacial score (nSPS) is 10.9. The van der Waals surface area contributed by atoms with Crippen LogP contribution in [0.3, 0.4) is 0 Å². The number of nitrogens with one attached hydrogen (secondary N) is 2. The molecule has 7 heteroatoms. The molecule has 0 aliphatic heterocycles.